The van der Waals surface area contributed by atoms with Crippen LogP contribution in [0.3, 0.4) is 0 Å². The van der Waals surface area contributed by atoms with Crippen molar-refractivity contribution in [2.75, 3.05) is 13.1 Å². The molecular formula is C14H16N2O. The Balaban J connectivity index is 1.64. The van der Waals surface area contributed by atoms with Crippen LogP contribution in [0.15, 0.2) is 24.3 Å². The minimum atomic E-state index is 0.451. The summed E-state index contributed by atoms with van der Waals surface area (Å²) in [5, 5.41) is 8.75. The van der Waals surface area contributed by atoms with E-state index in [2.05, 4.69) is 23.1 Å². The van der Waals surface area contributed by atoms with Crippen molar-refractivity contribution in [1.82, 2.24) is 4.90 Å². The molecule has 1 aromatic carbocycles. The fourth-order valence-corrected chi connectivity index (χ4v) is 2.77. The van der Waals surface area contributed by atoms with Gasteiger partial charge in [-0.1, -0.05) is 12.1 Å². The molecule has 2 saturated heterocycles. The molecule has 3 rings (SSSR count). The van der Waals surface area contributed by atoms with Gasteiger partial charge < -0.3 is 4.74 Å². The van der Waals surface area contributed by atoms with E-state index in [1.165, 1.54) is 18.4 Å². The van der Waals surface area contributed by atoms with Crippen molar-refractivity contribution in [3.8, 4) is 6.07 Å². The summed E-state index contributed by atoms with van der Waals surface area (Å²) >= 11 is 0. The van der Waals surface area contributed by atoms with E-state index in [0.29, 0.717) is 12.2 Å². The van der Waals surface area contributed by atoms with Crippen molar-refractivity contribution in [1.29, 1.82) is 5.26 Å². The molecule has 0 radical (unpaired) electrons. The molecular weight excluding hydrogens is 212 g/mol. The van der Waals surface area contributed by atoms with Crippen LogP contribution in [0.1, 0.15) is 24.0 Å². The highest BCUT2D eigenvalue weighted by Crippen LogP contribution is 2.27. The number of hydrogen-bond donors (Lipinski definition) is 0. The standard InChI is InChI=1S/C14H16N2O/c15-7-11-1-3-12(4-2-11)8-16-9-13-5-6-14(10-16)17-13/h1-4,13-14H,5-6,8-10H2. The highest BCUT2D eigenvalue weighted by atomic mass is 16.5. The van der Waals surface area contributed by atoms with Crippen LogP contribution in [-0.4, -0.2) is 30.2 Å². The summed E-state index contributed by atoms with van der Waals surface area (Å²) in [4.78, 5) is 2.47. The minimum absolute atomic E-state index is 0.451. The van der Waals surface area contributed by atoms with Gasteiger partial charge in [0.05, 0.1) is 23.8 Å². The Morgan fingerprint density at radius 2 is 1.82 bits per heavy atom. The molecule has 0 saturated carbocycles. The van der Waals surface area contributed by atoms with Crippen molar-refractivity contribution >= 4 is 0 Å². The van der Waals surface area contributed by atoms with Gasteiger partial charge in [0.1, 0.15) is 0 Å². The molecule has 0 aromatic heterocycles. The lowest BCUT2D eigenvalue weighted by atomic mass is 10.1. The molecule has 0 spiro atoms. The predicted octanol–water partition coefficient (Wildman–Crippen LogP) is 1.92. The van der Waals surface area contributed by atoms with Gasteiger partial charge in [0, 0.05) is 19.6 Å². The zero-order chi connectivity index (χ0) is 11.7. The van der Waals surface area contributed by atoms with Crippen molar-refractivity contribution < 1.29 is 4.74 Å². The average Bonchev–Trinajstić information content (AvgIpc) is 2.70. The van der Waals surface area contributed by atoms with Gasteiger partial charge in [0.25, 0.3) is 0 Å². The highest BCUT2D eigenvalue weighted by molar-refractivity contribution is 5.31. The monoisotopic (exact) mass is 228 g/mol. The normalized spacial score (nSPS) is 27.9. The molecule has 2 aliphatic heterocycles. The van der Waals surface area contributed by atoms with Gasteiger partial charge in [0.2, 0.25) is 0 Å². The Morgan fingerprint density at radius 3 is 2.41 bits per heavy atom. The molecule has 2 aliphatic rings. The Bertz CT molecular complexity index is 423. The number of benzene rings is 1. The molecule has 0 amide bonds. The molecule has 1 aromatic rings. The molecule has 0 aliphatic carbocycles. The summed E-state index contributed by atoms with van der Waals surface area (Å²) in [6, 6.07) is 10.0. The van der Waals surface area contributed by atoms with E-state index >= 15 is 0 Å². The molecule has 2 unspecified atom stereocenters. The summed E-state index contributed by atoms with van der Waals surface area (Å²) in [5.41, 5.74) is 2.01. The second-order valence-electron chi connectivity index (χ2n) is 4.96. The summed E-state index contributed by atoms with van der Waals surface area (Å²) < 4.78 is 5.82. The summed E-state index contributed by atoms with van der Waals surface area (Å²) in [6.07, 6.45) is 3.34. The van der Waals surface area contributed by atoms with Gasteiger partial charge in [0.15, 0.2) is 0 Å². The van der Waals surface area contributed by atoms with E-state index in [-0.39, 0.29) is 0 Å². The number of nitrogens with zero attached hydrogens (tertiary/aromatic N) is 2. The topological polar surface area (TPSA) is 36.3 Å². The van der Waals surface area contributed by atoms with E-state index < -0.39 is 0 Å². The number of ether oxygens (including phenoxy) is 1. The van der Waals surface area contributed by atoms with Crippen LogP contribution in [0.4, 0.5) is 0 Å². The van der Waals surface area contributed by atoms with Gasteiger partial charge in [-0.3, -0.25) is 4.90 Å². The zero-order valence-corrected chi connectivity index (χ0v) is 9.80. The zero-order valence-electron chi connectivity index (χ0n) is 9.80. The lowest BCUT2D eigenvalue weighted by molar-refractivity contribution is -0.0410. The molecule has 17 heavy (non-hydrogen) atoms. The lowest BCUT2D eigenvalue weighted by Crippen LogP contribution is -2.41. The van der Waals surface area contributed by atoms with Gasteiger partial charge in [-0.25, -0.2) is 0 Å². The third-order valence-electron chi connectivity index (χ3n) is 3.61. The molecule has 3 nitrogen and oxygen atoms in total. The van der Waals surface area contributed by atoms with Crippen LogP contribution in [0, 0.1) is 11.3 Å². The molecule has 2 atom stereocenters. The fourth-order valence-electron chi connectivity index (χ4n) is 2.77. The Kier molecular flexibility index (Phi) is 2.84. The highest BCUT2D eigenvalue weighted by Gasteiger charge is 2.33. The molecule has 2 bridgehead atoms. The summed E-state index contributed by atoms with van der Waals surface area (Å²) in [5.74, 6) is 0. The minimum Gasteiger partial charge on any atom is -0.372 e. The van der Waals surface area contributed by atoms with Crippen molar-refractivity contribution in [3.63, 3.8) is 0 Å². The van der Waals surface area contributed by atoms with Crippen LogP contribution >= 0.6 is 0 Å². The van der Waals surface area contributed by atoms with Crippen LogP contribution in [0.5, 0.6) is 0 Å². The second-order valence-corrected chi connectivity index (χ2v) is 4.96. The number of hydrogen-bond acceptors (Lipinski definition) is 3. The van der Waals surface area contributed by atoms with Crippen LogP contribution in [-0.2, 0) is 11.3 Å². The third kappa shape index (κ3) is 2.33. The Morgan fingerprint density at radius 1 is 1.18 bits per heavy atom. The van der Waals surface area contributed by atoms with Crippen molar-refractivity contribution in [3.05, 3.63) is 35.4 Å². The van der Waals surface area contributed by atoms with Gasteiger partial charge in [-0.2, -0.15) is 5.26 Å². The number of fused-ring (bicyclic) bond motifs is 2. The average molecular weight is 228 g/mol. The first kappa shape index (κ1) is 10.8. The maximum absolute atomic E-state index is 8.75. The van der Waals surface area contributed by atoms with E-state index in [1.807, 2.05) is 12.1 Å². The van der Waals surface area contributed by atoms with Gasteiger partial charge in [-0.15, -0.1) is 0 Å². The smallest absolute Gasteiger partial charge is 0.0991 e. The van der Waals surface area contributed by atoms with E-state index in [4.69, 9.17) is 10.00 Å². The molecule has 2 fully saturated rings. The number of likely N-dealkylation sites (tertiary alicyclic amines) is 1. The van der Waals surface area contributed by atoms with Gasteiger partial charge >= 0.3 is 0 Å². The Hall–Kier alpha value is -1.37. The first-order valence-electron chi connectivity index (χ1n) is 6.20. The fraction of sp³-hybridized carbons (Fsp3) is 0.500. The predicted molar refractivity (Wildman–Crippen MR) is 64.3 cm³/mol. The molecule has 88 valence electrons. The van der Waals surface area contributed by atoms with E-state index in [0.717, 1.165) is 25.2 Å². The Labute approximate surface area is 102 Å². The molecule has 2 heterocycles. The largest absolute Gasteiger partial charge is 0.372 e. The van der Waals surface area contributed by atoms with Gasteiger partial charge in [-0.05, 0) is 30.5 Å². The number of nitriles is 1. The van der Waals surface area contributed by atoms with E-state index in [1.54, 1.807) is 0 Å². The lowest BCUT2D eigenvalue weighted by Gasteiger charge is -2.32. The maximum atomic E-state index is 8.75. The number of morpholine rings is 1. The molecule has 0 N–H and O–H groups in total. The first-order chi connectivity index (χ1) is 8.33. The summed E-state index contributed by atoms with van der Waals surface area (Å²) in [7, 11) is 0. The van der Waals surface area contributed by atoms with Crippen LogP contribution in [0.2, 0.25) is 0 Å². The van der Waals surface area contributed by atoms with E-state index in [9.17, 15) is 0 Å². The summed E-state index contributed by atoms with van der Waals surface area (Å²) in [6.45, 7) is 3.08. The second kappa shape index (κ2) is 4.48. The van der Waals surface area contributed by atoms with Crippen LogP contribution < -0.4 is 0 Å². The quantitative estimate of drug-likeness (QED) is 0.776. The number of rotatable bonds is 2. The van der Waals surface area contributed by atoms with Crippen LogP contribution in [0.25, 0.3) is 0 Å². The van der Waals surface area contributed by atoms with Crippen molar-refractivity contribution in [2.45, 2.75) is 31.6 Å². The SMILES string of the molecule is N#Cc1ccc(CN2CC3CCC(C2)O3)cc1. The third-order valence-corrected chi connectivity index (χ3v) is 3.61. The maximum Gasteiger partial charge on any atom is 0.0991 e. The molecule has 3 heteroatoms. The first-order valence-corrected chi connectivity index (χ1v) is 6.20. The van der Waals surface area contributed by atoms with Crippen molar-refractivity contribution in [2.24, 2.45) is 0 Å².